The monoisotopic (exact) mass is 492 g/mol. The third-order valence-electron chi connectivity index (χ3n) is 8.18. The van der Waals surface area contributed by atoms with Crippen LogP contribution >= 0.6 is 0 Å². The van der Waals surface area contributed by atoms with Crippen molar-refractivity contribution in [1.29, 1.82) is 0 Å². The molecule has 2 aromatic rings. The molecule has 1 N–H and O–H groups in total. The van der Waals surface area contributed by atoms with Gasteiger partial charge in [0.25, 0.3) is 0 Å². The maximum atomic E-state index is 13.6. The summed E-state index contributed by atoms with van der Waals surface area (Å²) >= 11 is 0. The average molecular weight is 493 g/mol. The third kappa shape index (κ3) is 5.01. The van der Waals surface area contributed by atoms with E-state index in [2.05, 4.69) is 16.4 Å². The van der Waals surface area contributed by atoms with Crippen LogP contribution in [0.3, 0.4) is 0 Å². The summed E-state index contributed by atoms with van der Waals surface area (Å²) in [5.74, 6) is 0.629. The lowest BCUT2D eigenvalue weighted by atomic mass is 9.57. The maximum absolute atomic E-state index is 13.6. The number of carbonyl (C=O) groups is 2. The highest BCUT2D eigenvalue weighted by Crippen LogP contribution is 2.53. The number of aromatic nitrogens is 1. The summed E-state index contributed by atoms with van der Waals surface area (Å²) in [6, 6.07) is 10.4. The number of fused-ring (bicyclic) bond motifs is 2. The number of benzene rings is 1. The second kappa shape index (κ2) is 10.4. The van der Waals surface area contributed by atoms with Gasteiger partial charge >= 0.3 is 12.1 Å². The van der Waals surface area contributed by atoms with E-state index >= 15 is 0 Å². The Morgan fingerprint density at radius 2 is 2.08 bits per heavy atom. The first-order chi connectivity index (χ1) is 17.4. The van der Waals surface area contributed by atoms with E-state index in [1.807, 2.05) is 31.2 Å². The smallest absolute Gasteiger partial charge is 0.407 e. The summed E-state index contributed by atoms with van der Waals surface area (Å²) in [6.07, 6.45) is 9.07. The first kappa shape index (κ1) is 24.5. The molecule has 190 valence electrons. The van der Waals surface area contributed by atoms with E-state index in [-0.39, 0.29) is 47.8 Å². The van der Waals surface area contributed by atoms with Gasteiger partial charge in [-0.25, -0.2) is 9.18 Å². The summed E-state index contributed by atoms with van der Waals surface area (Å²) in [4.78, 5) is 29.2. The van der Waals surface area contributed by atoms with E-state index in [0.29, 0.717) is 18.4 Å². The van der Waals surface area contributed by atoms with E-state index in [9.17, 15) is 14.0 Å². The highest BCUT2D eigenvalue weighted by molar-refractivity contribution is 5.75. The summed E-state index contributed by atoms with van der Waals surface area (Å²) in [5.41, 5.74) is 2.48. The zero-order valence-corrected chi connectivity index (χ0v) is 20.7. The van der Waals surface area contributed by atoms with Crippen molar-refractivity contribution in [2.24, 2.45) is 29.6 Å². The van der Waals surface area contributed by atoms with Crippen LogP contribution in [-0.2, 0) is 14.3 Å². The second-order valence-electron chi connectivity index (χ2n) is 10.3. The van der Waals surface area contributed by atoms with Crippen LogP contribution in [0.25, 0.3) is 17.2 Å². The van der Waals surface area contributed by atoms with Crippen LogP contribution in [-0.4, -0.2) is 35.8 Å². The number of nitrogens with zero attached hydrogens (tertiary/aromatic N) is 1. The van der Waals surface area contributed by atoms with Crippen molar-refractivity contribution in [3.8, 4) is 11.1 Å². The van der Waals surface area contributed by atoms with Crippen LogP contribution in [0.4, 0.5) is 9.18 Å². The van der Waals surface area contributed by atoms with E-state index < -0.39 is 0 Å². The standard InChI is InChI=1S/C29H33FN2O4/c1-3-35-29(34)32-23-10-11-24-20(14-23)15-26-27(17(2)36-28(26)33)25(24)12-9-22-8-7-19(16-31-22)18-5-4-6-21(30)13-18/h4-9,12-13,16-17,20,23-27H,3,10-11,14-15H2,1-2H3,(H,32,34)/t17-,20-,23-,24+,25+,26+,27+/m1/s1. The van der Waals surface area contributed by atoms with Crippen molar-refractivity contribution in [3.63, 3.8) is 0 Å². The molecule has 3 aliphatic rings. The van der Waals surface area contributed by atoms with E-state index in [4.69, 9.17) is 9.47 Å². The number of carbonyl (C=O) groups excluding carboxylic acids is 2. The third-order valence-corrected chi connectivity index (χ3v) is 8.18. The van der Waals surface area contributed by atoms with E-state index in [1.165, 1.54) is 12.1 Å². The molecule has 5 rings (SSSR count). The number of rotatable bonds is 5. The topological polar surface area (TPSA) is 77.5 Å². The van der Waals surface area contributed by atoms with Gasteiger partial charge in [0.1, 0.15) is 11.9 Å². The fourth-order valence-electron chi connectivity index (χ4n) is 6.64. The lowest BCUT2D eigenvalue weighted by molar-refractivity contribution is -0.144. The molecule has 1 amide bonds. The van der Waals surface area contributed by atoms with Crippen molar-refractivity contribution >= 4 is 18.1 Å². The van der Waals surface area contributed by atoms with Gasteiger partial charge in [-0.15, -0.1) is 0 Å². The first-order valence-corrected chi connectivity index (χ1v) is 13.0. The summed E-state index contributed by atoms with van der Waals surface area (Å²) in [7, 11) is 0. The summed E-state index contributed by atoms with van der Waals surface area (Å²) in [6.45, 7) is 4.15. The molecule has 36 heavy (non-hydrogen) atoms. The molecular weight excluding hydrogens is 459 g/mol. The molecule has 0 bridgehead atoms. The van der Waals surface area contributed by atoms with Gasteiger partial charge in [0.15, 0.2) is 0 Å². The number of pyridine rings is 1. The molecule has 0 spiro atoms. The number of cyclic esters (lactones) is 1. The SMILES string of the molecule is CCOC(=O)N[C@@H]1CC[C@H]2[C@H](C1)C[C@@H]1C(=O)O[C@H](C)[C@H]1[C@H]2C=Cc1ccc(-c2cccc(F)c2)cn1. The normalized spacial score (nSPS) is 31.4. The van der Waals surface area contributed by atoms with Gasteiger partial charge in [0.05, 0.1) is 18.2 Å². The molecular formula is C29H33FN2O4. The number of ether oxygens (including phenoxy) is 2. The fraction of sp³-hybridized carbons (Fsp3) is 0.483. The lowest BCUT2D eigenvalue weighted by Gasteiger charge is -2.47. The van der Waals surface area contributed by atoms with Crippen LogP contribution in [0, 0.1) is 35.4 Å². The molecule has 1 aromatic carbocycles. The Labute approximate surface area is 211 Å². The molecule has 2 aliphatic carbocycles. The zero-order valence-electron chi connectivity index (χ0n) is 20.7. The number of allylic oxidation sites excluding steroid dienone is 1. The van der Waals surface area contributed by atoms with Crippen LogP contribution in [0.1, 0.15) is 45.2 Å². The largest absolute Gasteiger partial charge is 0.462 e. The van der Waals surface area contributed by atoms with Gasteiger partial charge in [-0.1, -0.05) is 24.3 Å². The highest BCUT2D eigenvalue weighted by Gasteiger charge is 2.54. The minimum absolute atomic E-state index is 0.0679. The molecule has 6 nitrogen and oxygen atoms in total. The molecule has 7 atom stereocenters. The fourth-order valence-corrected chi connectivity index (χ4v) is 6.64. The molecule has 3 fully saturated rings. The van der Waals surface area contributed by atoms with Gasteiger partial charge in [0.2, 0.25) is 0 Å². The minimum atomic E-state index is -0.368. The Hall–Kier alpha value is -3.22. The number of esters is 1. The predicted molar refractivity (Wildman–Crippen MR) is 134 cm³/mol. The molecule has 1 aliphatic heterocycles. The summed E-state index contributed by atoms with van der Waals surface area (Å²) in [5, 5.41) is 3.00. The Bertz CT molecular complexity index is 1130. The number of hydrogen-bond acceptors (Lipinski definition) is 5. The van der Waals surface area contributed by atoms with Gasteiger partial charge in [-0.05, 0) is 87.1 Å². The molecule has 0 unspecified atom stereocenters. The van der Waals surface area contributed by atoms with Gasteiger partial charge < -0.3 is 14.8 Å². The summed E-state index contributed by atoms with van der Waals surface area (Å²) < 4.78 is 24.3. The molecule has 7 heteroatoms. The number of amides is 1. The molecule has 0 radical (unpaired) electrons. The van der Waals surface area contributed by atoms with Crippen molar-refractivity contribution in [2.75, 3.05) is 6.61 Å². The van der Waals surface area contributed by atoms with Gasteiger partial charge in [-0.2, -0.15) is 0 Å². The van der Waals surface area contributed by atoms with Gasteiger partial charge in [-0.3, -0.25) is 9.78 Å². The van der Waals surface area contributed by atoms with Crippen LogP contribution in [0.15, 0.2) is 48.7 Å². The minimum Gasteiger partial charge on any atom is -0.462 e. The second-order valence-corrected chi connectivity index (χ2v) is 10.3. The van der Waals surface area contributed by atoms with Crippen LogP contribution in [0.2, 0.25) is 0 Å². The van der Waals surface area contributed by atoms with Gasteiger partial charge in [0, 0.05) is 23.7 Å². The Kier molecular flexibility index (Phi) is 7.08. The van der Waals surface area contributed by atoms with Crippen molar-refractivity contribution in [3.05, 3.63) is 60.2 Å². The number of halogens is 1. The number of hydrogen-bond donors (Lipinski definition) is 1. The van der Waals surface area contributed by atoms with Crippen molar-refractivity contribution < 1.29 is 23.5 Å². The van der Waals surface area contributed by atoms with Crippen molar-refractivity contribution in [2.45, 2.75) is 51.7 Å². The average Bonchev–Trinajstić information content (AvgIpc) is 3.15. The lowest BCUT2D eigenvalue weighted by Crippen LogP contribution is -2.48. The van der Waals surface area contributed by atoms with E-state index in [1.54, 1.807) is 19.2 Å². The zero-order chi connectivity index (χ0) is 25.2. The molecule has 1 saturated heterocycles. The molecule has 1 aromatic heterocycles. The predicted octanol–water partition coefficient (Wildman–Crippen LogP) is 5.63. The van der Waals surface area contributed by atoms with E-state index in [0.717, 1.165) is 42.5 Å². The number of nitrogens with one attached hydrogen (secondary N) is 1. The Morgan fingerprint density at radius 3 is 2.83 bits per heavy atom. The van der Waals surface area contributed by atoms with Crippen LogP contribution in [0.5, 0.6) is 0 Å². The number of alkyl carbamates (subject to hydrolysis) is 1. The Morgan fingerprint density at radius 1 is 1.22 bits per heavy atom. The van der Waals surface area contributed by atoms with Crippen molar-refractivity contribution in [1.82, 2.24) is 10.3 Å². The van der Waals surface area contributed by atoms with Crippen LogP contribution < -0.4 is 5.32 Å². The molecule has 2 saturated carbocycles. The first-order valence-electron chi connectivity index (χ1n) is 13.0. The quantitative estimate of drug-likeness (QED) is 0.548. The highest BCUT2D eigenvalue weighted by atomic mass is 19.1. The molecule has 2 heterocycles. The Balaban J connectivity index is 1.34. The maximum Gasteiger partial charge on any atom is 0.407 e.